The summed E-state index contributed by atoms with van der Waals surface area (Å²) >= 11 is 0. The summed E-state index contributed by atoms with van der Waals surface area (Å²) in [6.07, 6.45) is 2.81. The average molecular weight is 213 g/mol. The maximum Gasteiger partial charge on any atom is 0.109 e. The van der Waals surface area contributed by atoms with Gasteiger partial charge in [-0.25, -0.2) is 0 Å². The van der Waals surface area contributed by atoms with E-state index in [1.54, 1.807) is 0 Å². The zero-order valence-corrected chi connectivity index (χ0v) is 9.85. The van der Waals surface area contributed by atoms with Gasteiger partial charge in [0.1, 0.15) is 6.23 Å². The highest BCUT2D eigenvalue weighted by Crippen LogP contribution is 2.42. The van der Waals surface area contributed by atoms with Crippen molar-refractivity contribution in [2.45, 2.75) is 45.9 Å². The summed E-state index contributed by atoms with van der Waals surface area (Å²) in [5.74, 6) is 0.620. The van der Waals surface area contributed by atoms with E-state index in [0.717, 1.165) is 18.4 Å². The molecule has 1 rings (SSSR count). The molecule has 0 radical (unpaired) electrons. The Morgan fingerprint density at radius 3 is 2.40 bits per heavy atom. The number of hydrogen-bond acceptors (Lipinski definition) is 3. The SMILES string of the molecule is CC[C@@H]1/C(=C\[C@H](C(N)O)[C@@H](C)CC)C1O. The van der Waals surface area contributed by atoms with E-state index in [-0.39, 0.29) is 12.0 Å². The van der Waals surface area contributed by atoms with Crippen LogP contribution in [-0.4, -0.2) is 22.5 Å². The van der Waals surface area contributed by atoms with E-state index in [0.29, 0.717) is 11.8 Å². The number of nitrogens with two attached hydrogens (primary N) is 1. The second kappa shape index (κ2) is 5.10. The number of rotatable bonds is 5. The van der Waals surface area contributed by atoms with Crippen molar-refractivity contribution >= 4 is 0 Å². The molecule has 88 valence electrons. The van der Waals surface area contributed by atoms with Crippen LogP contribution in [0.1, 0.15) is 33.6 Å². The fourth-order valence-corrected chi connectivity index (χ4v) is 2.10. The van der Waals surface area contributed by atoms with Crippen molar-refractivity contribution in [2.24, 2.45) is 23.5 Å². The van der Waals surface area contributed by atoms with Crippen LogP contribution >= 0.6 is 0 Å². The van der Waals surface area contributed by atoms with E-state index in [4.69, 9.17) is 5.73 Å². The minimum atomic E-state index is -0.822. The third kappa shape index (κ3) is 2.80. The van der Waals surface area contributed by atoms with Crippen molar-refractivity contribution in [1.29, 1.82) is 0 Å². The molecule has 0 aromatic rings. The molecule has 1 aliphatic carbocycles. The Hall–Kier alpha value is -0.380. The van der Waals surface area contributed by atoms with Crippen molar-refractivity contribution in [3.05, 3.63) is 11.6 Å². The molecule has 0 spiro atoms. The second-order valence-corrected chi connectivity index (χ2v) is 4.58. The van der Waals surface area contributed by atoms with Crippen LogP contribution in [0.15, 0.2) is 11.6 Å². The van der Waals surface area contributed by atoms with E-state index in [9.17, 15) is 10.2 Å². The van der Waals surface area contributed by atoms with Crippen molar-refractivity contribution in [3.8, 4) is 0 Å². The van der Waals surface area contributed by atoms with Gasteiger partial charge < -0.3 is 15.9 Å². The fourth-order valence-electron chi connectivity index (χ4n) is 2.10. The van der Waals surface area contributed by atoms with E-state index in [1.165, 1.54) is 0 Å². The van der Waals surface area contributed by atoms with Crippen molar-refractivity contribution in [2.75, 3.05) is 0 Å². The Bertz CT molecular complexity index is 238. The Kier molecular flexibility index (Phi) is 4.32. The Balaban J connectivity index is 2.68. The highest BCUT2D eigenvalue weighted by molar-refractivity contribution is 5.32. The zero-order valence-electron chi connectivity index (χ0n) is 9.85. The molecule has 0 aromatic heterocycles. The van der Waals surface area contributed by atoms with Gasteiger partial charge in [0.25, 0.3) is 0 Å². The van der Waals surface area contributed by atoms with Crippen molar-refractivity contribution in [1.82, 2.24) is 0 Å². The van der Waals surface area contributed by atoms with Crippen molar-refractivity contribution < 1.29 is 10.2 Å². The molecule has 5 atom stereocenters. The summed E-state index contributed by atoms with van der Waals surface area (Å²) in [5, 5.41) is 19.1. The maximum absolute atomic E-state index is 9.58. The monoisotopic (exact) mass is 213 g/mol. The van der Waals surface area contributed by atoms with Gasteiger partial charge >= 0.3 is 0 Å². The van der Waals surface area contributed by atoms with Gasteiger partial charge in [0.15, 0.2) is 0 Å². The predicted molar refractivity (Wildman–Crippen MR) is 61.0 cm³/mol. The summed E-state index contributed by atoms with van der Waals surface area (Å²) in [7, 11) is 0. The van der Waals surface area contributed by atoms with Gasteiger partial charge in [-0.05, 0) is 17.9 Å². The molecule has 0 amide bonds. The average Bonchev–Trinajstić information content (AvgIpc) is 2.83. The quantitative estimate of drug-likeness (QED) is 0.475. The van der Waals surface area contributed by atoms with Crippen LogP contribution in [0.3, 0.4) is 0 Å². The van der Waals surface area contributed by atoms with Gasteiger partial charge in [-0.1, -0.05) is 33.3 Å². The molecule has 1 aliphatic rings. The van der Waals surface area contributed by atoms with E-state index < -0.39 is 6.23 Å². The summed E-state index contributed by atoms with van der Waals surface area (Å²) < 4.78 is 0. The third-order valence-corrected chi connectivity index (χ3v) is 3.56. The molecule has 1 fully saturated rings. The number of hydrogen-bond donors (Lipinski definition) is 3. The lowest BCUT2D eigenvalue weighted by Crippen LogP contribution is -2.32. The van der Waals surface area contributed by atoms with Gasteiger partial charge in [0, 0.05) is 11.8 Å². The Morgan fingerprint density at radius 1 is 1.47 bits per heavy atom. The van der Waals surface area contributed by atoms with E-state index >= 15 is 0 Å². The van der Waals surface area contributed by atoms with Gasteiger partial charge in [-0.2, -0.15) is 0 Å². The van der Waals surface area contributed by atoms with Crippen LogP contribution in [0.4, 0.5) is 0 Å². The molecule has 15 heavy (non-hydrogen) atoms. The molecule has 3 heteroatoms. The van der Waals surface area contributed by atoms with Crippen LogP contribution in [0.25, 0.3) is 0 Å². The Morgan fingerprint density at radius 2 is 2.07 bits per heavy atom. The van der Waals surface area contributed by atoms with Crippen molar-refractivity contribution in [3.63, 3.8) is 0 Å². The molecule has 0 aliphatic heterocycles. The third-order valence-electron chi connectivity index (χ3n) is 3.56. The number of aliphatic hydroxyl groups is 2. The van der Waals surface area contributed by atoms with Crippen LogP contribution < -0.4 is 5.73 Å². The first kappa shape index (κ1) is 12.7. The standard InChI is InChI=1S/C12H23NO2/c1-4-7(3)9(12(13)15)6-10-8(5-2)11(10)14/h6-9,11-12,14-15H,4-5,13H2,1-3H3/b10-6+/t7-,8+,9-,11?,12?/m0/s1. The van der Waals surface area contributed by atoms with E-state index in [2.05, 4.69) is 20.8 Å². The molecule has 0 heterocycles. The lowest BCUT2D eigenvalue weighted by molar-refractivity contribution is 0.107. The largest absolute Gasteiger partial charge is 0.388 e. The molecule has 0 bridgehead atoms. The minimum absolute atomic E-state index is 0.0313. The summed E-state index contributed by atoms with van der Waals surface area (Å²) in [5.41, 5.74) is 6.61. The molecule has 4 N–H and O–H groups in total. The smallest absolute Gasteiger partial charge is 0.109 e. The van der Waals surface area contributed by atoms with Gasteiger partial charge in [0.2, 0.25) is 0 Å². The van der Waals surface area contributed by atoms with Crippen LogP contribution in [0.5, 0.6) is 0 Å². The topological polar surface area (TPSA) is 66.5 Å². The molecule has 0 saturated heterocycles. The highest BCUT2D eigenvalue weighted by atomic mass is 16.3. The predicted octanol–water partition coefficient (Wildman–Crippen LogP) is 1.25. The van der Waals surface area contributed by atoms with E-state index in [1.807, 2.05) is 6.08 Å². The zero-order chi connectivity index (χ0) is 11.6. The second-order valence-electron chi connectivity index (χ2n) is 4.58. The highest BCUT2D eigenvalue weighted by Gasteiger charge is 2.41. The van der Waals surface area contributed by atoms with Gasteiger partial charge in [-0.15, -0.1) is 0 Å². The lowest BCUT2D eigenvalue weighted by atomic mass is 9.89. The fraction of sp³-hybridized carbons (Fsp3) is 0.833. The summed E-state index contributed by atoms with van der Waals surface area (Å²) in [4.78, 5) is 0. The van der Waals surface area contributed by atoms with Crippen LogP contribution in [0.2, 0.25) is 0 Å². The number of aliphatic hydroxyl groups excluding tert-OH is 2. The normalized spacial score (nSPS) is 33.9. The van der Waals surface area contributed by atoms with Gasteiger partial charge in [-0.3, -0.25) is 0 Å². The lowest BCUT2D eigenvalue weighted by Gasteiger charge is -2.22. The molecule has 1 saturated carbocycles. The molecular formula is C12H23NO2. The first-order chi connectivity index (χ1) is 7.02. The molecule has 3 nitrogen and oxygen atoms in total. The first-order valence-electron chi connectivity index (χ1n) is 5.86. The first-order valence-corrected chi connectivity index (χ1v) is 5.86. The molecular weight excluding hydrogens is 190 g/mol. The molecule has 2 unspecified atom stereocenters. The van der Waals surface area contributed by atoms with Gasteiger partial charge in [0.05, 0.1) is 6.10 Å². The minimum Gasteiger partial charge on any atom is -0.388 e. The summed E-state index contributed by atoms with van der Waals surface area (Å²) in [6, 6.07) is 0. The van der Waals surface area contributed by atoms with Crippen LogP contribution in [-0.2, 0) is 0 Å². The summed E-state index contributed by atoms with van der Waals surface area (Å²) in [6.45, 7) is 6.22. The Labute approximate surface area is 92.0 Å². The molecule has 0 aromatic carbocycles. The maximum atomic E-state index is 9.58. The van der Waals surface area contributed by atoms with Crippen LogP contribution in [0, 0.1) is 17.8 Å².